The molecule has 146 valence electrons. The second-order valence-electron chi connectivity index (χ2n) is 7.10. The van der Waals surface area contributed by atoms with E-state index in [0.29, 0.717) is 11.7 Å². The van der Waals surface area contributed by atoms with Crippen molar-refractivity contribution in [2.24, 2.45) is 0 Å². The second kappa shape index (κ2) is 9.19. The van der Waals surface area contributed by atoms with Gasteiger partial charge in [0.05, 0.1) is 6.04 Å². The summed E-state index contributed by atoms with van der Waals surface area (Å²) in [6.07, 6.45) is 7.87. The standard InChI is InChI=1S/C19H26N6O.ClH/c26-19(17-8-13-25(23-17)16-4-3-9-20-14-16)22-15-6-11-24(12-7-15)18-5-1-2-10-21-18;/h1-2,5,8,10,13,15-16,20H,3-4,6-7,9,11-12,14H2,(H,22,26);1H. The van der Waals surface area contributed by atoms with Gasteiger partial charge in [0.1, 0.15) is 11.5 Å². The molecule has 1 amide bonds. The van der Waals surface area contributed by atoms with Gasteiger partial charge in [0.25, 0.3) is 5.91 Å². The first kappa shape index (κ1) is 19.6. The molecule has 0 bridgehead atoms. The van der Waals surface area contributed by atoms with E-state index in [2.05, 4.69) is 25.6 Å². The van der Waals surface area contributed by atoms with Crippen LogP contribution in [0.15, 0.2) is 36.7 Å². The van der Waals surface area contributed by atoms with Gasteiger partial charge in [-0.3, -0.25) is 9.48 Å². The van der Waals surface area contributed by atoms with Gasteiger partial charge >= 0.3 is 0 Å². The molecule has 2 aliphatic rings. The third kappa shape index (κ3) is 4.78. The lowest BCUT2D eigenvalue weighted by atomic mass is 10.0. The average molecular weight is 391 g/mol. The van der Waals surface area contributed by atoms with Crippen LogP contribution in [-0.2, 0) is 0 Å². The normalized spacial score (nSPS) is 20.7. The molecule has 2 aromatic rings. The van der Waals surface area contributed by atoms with Crippen LogP contribution in [0.3, 0.4) is 0 Å². The maximum atomic E-state index is 12.5. The zero-order valence-electron chi connectivity index (χ0n) is 15.4. The Hall–Kier alpha value is -2.12. The molecule has 0 radical (unpaired) electrons. The molecule has 1 atom stereocenters. The van der Waals surface area contributed by atoms with Crippen LogP contribution in [0.25, 0.3) is 0 Å². The number of carbonyl (C=O) groups is 1. The van der Waals surface area contributed by atoms with Crippen molar-refractivity contribution in [2.75, 3.05) is 31.1 Å². The fourth-order valence-corrected chi connectivity index (χ4v) is 3.77. The molecular weight excluding hydrogens is 364 g/mol. The number of amides is 1. The lowest BCUT2D eigenvalue weighted by Crippen LogP contribution is -2.45. The topological polar surface area (TPSA) is 75.1 Å². The number of halogens is 1. The van der Waals surface area contributed by atoms with Crippen LogP contribution in [0.1, 0.15) is 42.2 Å². The van der Waals surface area contributed by atoms with E-state index < -0.39 is 0 Å². The lowest BCUT2D eigenvalue weighted by Gasteiger charge is -2.33. The molecule has 0 spiro atoms. The van der Waals surface area contributed by atoms with E-state index in [1.54, 1.807) is 0 Å². The summed E-state index contributed by atoms with van der Waals surface area (Å²) in [5.74, 6) is 0.945. The number of carbonyl (C=O) groups excluding carboxylic acids is 1. The summed E-state index contributed by atoms with van der Waals surface area (Å²) in [7, 11) is 0. The number of hydrogen-bond acceptors (Lipinski definition) is 5. The summed E-state index contributed by atoms with van der Waals surface area (Å²) in [5.41, 5.74) is 0.516. The van der Waals surface area contributed by atoms with E-state index in [1.807, 2.05) is 41.3 Å². The maximum absolute atomic E-state index is 12.5. The Balaban J connectivity index is 0.00000210. The molecule has 0 aromatic carbocycles. The molecule has 2 fully saturated rings. The number of pyridine rings is 1. The zero-order valence-corrected chi connectivity index (χ0v) is 16.2. The van der Waals surface area contributed by atoms with Crippen LogP contribution in [0, 0.1) is 0 Å². The van der Waals surface area contributed by atoms with E-state index in [0.717, 1.165) is 57.7 Å². The minimum absolute atomic E-state index is 0. The van der Waals surface area contributed by atoms with Gasteiger partial charge in [-0.1, -0.05) is 6.07 Å². The number of aromatic nitrogens is 3. The van der Waals surface area contributed by atoms with Crippen molar-refractivity contribution in [3.05, 3.63) is 42.4 Å². The van der Waals surface area contributed by atoms with Crippen LogP contribution >= 0.6 is 12.4 Å². The number of piperidine rings is 2. The summed E-state index contributed by atoms with van der Waals surface area (Å²) < 4.78 is 1.94. The Morgan fingerprint density at radius 2 is 2.04 bits per heavy atom. The first-order valence-electron chi connectivity index (χ1n) is 9.52. The molecule has 1 unspecified atom stereocenters. The molecule has 2 N–H and O–H groups in total. The molecule has 2 aromatic heterocycles. The van der Waals surface area contributed by atoms with Crippen LogP contribution < -0.4 is 15.5 Å². The molecule has 0 saturated carbocycles. The second-order valence-corrected chi connectivity index (χ2v) is 7.10. The Kier molecular flexibility index (Phi) is 6.68. The number of nitrogens with one attached hydrogen (secondary N) is 2. The quantitative estimate of drug-likeness (QED) is 0.835. The van der Waals surface area contributed by atoms with Crippen LogP contribution in [0.5, 0.6) is 0 Å². The molecule has 27 heavy (non-hydrogen) atoms. The Labute approximate surface area is 165 Å². The number of anilines is 1. The summed E-state index contributed by atoms with van der Waals surface area (Å²) in [6, 6.07) is 8.35. The third-order valence-electron chi connectivity index (χ3n) is 5.29. The first-order chi connectivity index (χ1) is 12.8. The van der Waals surface area contributed by atoms with Crippen molar-refractivity contribution in [1.29, 1.82) is 0 Å². The fraction of sp³-hybridized carbons (Fsp3) is 0.526. The van der Waals surface area contributed by atoms with E-state index in [4.69, 9.17) is 0 Å². The highest BCUT2D eigenvalue weighted by molar-refractivity contribution is 5.92. The van der Waals surface area contributed by atoms with Crippen LogP contribution in [-0.4, -0.2) is 52.9 Å². The van der Waals surface area contributed by atoms with Crippen molar-refractivity contribution >= 4 is 24.1 Å². The Morgan fingerprint density at radius 3 is 2.74 bits per heavy atom. The highest BCUT2D eigenvalue weighted by Crippen LogP contribution is 2.18. The predicted molar refractivity (Wildman–Crippen MR) is 108 cm³/mol. The van der Waals surface area contributed by atoms with Crippen molar-refractivity contribution in [2.45, 2.75) is 37.8 Å². The van der Waals surface area contributed by atoms with Crippen LogP contribution in [0.4, 0.5) is 5.82 Å². The van der Waals surface area contributed by atoms with E-state index >= 15 is 0 Å². The van der Waals surface area contributed by atoms with Crippen molar-refractivity contribution in [3.8, 4) is 0 Å². The van der Waals surface area contributed by atoms with Gasteiger partial charge in [-0.25, -0.2) is 4.98 Å². The molecule has 7 nitrogen and oxygen atoms in total. The summed E-state index contributed by atoms with van der Waals surface area (Å²) in [5, 5.41) is 11.0. The largest absolute Gasteiger partial charge is 0.356 e. The molecule has 4 heterocycles. The van der Waals surface area contributed by atoms with Gasteiger partial charge in [-0.15, -0.1) is 12.4 Å². The van der Waals surface area contributed by atoms with E-state index in [9.17, 15) is 4.79 Å². The summed E-state index contributed by atoms with van der Waals surface area (Å²) in [4.78, 5) is 19.2. The lowest BCUT2D eigenvalue weighted by molar-refractivity contribution is 0.0924. The predicted octanol–water partition coefficient (Wildman–Crippen LogP) is 2.02. The molecule has 0 aliphatic carbocycles. The SMILES string of the molecule is Cl.O=C(NC1CCN(c2ccccn2)CC1)c1ccn(C2CCCNC2)n1. The average Bonchev–Trinajstić information content (AvgIpc) is 3.20. The third-order valence-corrected chi connectivity index (χ3v) is 5.29. The first-order valence-corrected chi connectivity index (χ1v) is 9.52. The zero-order chi connectivity index (χ0) is 17.8. The fourth-order valence-electron chi connectivity index (χ4n) is 3.77. The highest BCUT2D eigenvalue weighted by Gasteiger charge is 2.23. The van der Waals surface area contributed by atoms with Gasteiger partial charge in [0.15, 0.2) is 0 Å². The molecular formula is C19H27ClN6O. The van der Waals surface area contributed by atoms with Gasteiger partial charge in [-0.2, -0.15) is 5.10 Å². The summed E-state index contributed by atoms with van der Waals surface area (Å²) >= 11 is 0. The Morgan fingerprint density at radius 1 is 1.19 bits per heavy atom. The smallest absolute Gasteiger partial charge is 0.271 e. The number of hydrogen-bond donors (Lipinski definition) is 2. The molecule has 8 heteroatoms. The number of rotatable bonds is 4. The molecule has 4 rings (SSSR count). The highest BCUT2D eigenvalue weighted by atomic mass is 35.5. The van der Waals surface area contributed by atoms with Gasteiger partial charge in [0.2, 0.25) is 0 Å². The van der Waals surface area contributed by atoms with Gasteiger partial charge < -0.3 is 15.5 Å². The maximum Gasteiger partial charge on any atom is 0.271 e. The van der Waals surface area contributed by atoms with Crippen LogP contribution in [0.2, 0.25) is 0 Å². The monoisotopic (exact) mass is 390 g/mol. The van der Waals surface area contributed by atoms with Gasteiger partial charge in [0, 0.05) is 38.1 Å². The summed E-state index contributed by atoms with van der Waals surface area (Å²) in [6.45, 7) is 3.81. The van der Waals surface area contributed by atoms with Crippen molar-refractivity contribution in [1.82, 2.24) is 25.4 Å². The number of nitrogens with zero attached hydrogens (tertiary/aromatic N) is 4. The minimum atomic E-state index is -0.0659. The molecule has 2 aliphatic heterocycles. The van der Waals surface area contributed by atoms with E-state index in [1.165, 1.54) is 0 Å². The van der Waals surface area contributed by atoms with Gasteiger partial charge in [-0.05, 0) is 50.4 Å². The van der Waals surface area contributed by atoms with Crippen molar-refractivity contribution < 1.29 is 4.79 Å². The van der Waals surface area contributed by atoms with Crippen molar-refractivity contribution in [3.63, 3.8) is 0 Å². The minimum Gasteiger partial charge on any atom is -0.356 e. The molecule has 2 saturated heterocycles. The Bertz CT molecular complexity index is 723. The van der Waals surface area contributed by atoms with E-state index in [-0.39, 0.29) is 24.4 Å².